The molecule has 0 spiro atoms. The van der Waals surface area contributed by atoms with Gasteiger partial charge < -0.3 is 9.52 Å². The van der Waals surface area contributed by atoms with E-state index in [-0.39, 0.29) is 16.2 Å². The number of nitrogens with zero attached hydrogens (tertiary/aromatic N) is 1. The highest BCUT2D eigenvalue weighted by Crippen LogP contribution is 2.17. The summed E-state index contributed by atoms with van der Waals surface area (Å²) < 4.78 is 29.1. The van der Waals surface area contributed by atoms with Gasteiger partial charge in [-0.2, -0.15) is 13.5 Å². The average molecular weight is 333 g/mol. The van der Waals surface area contributed by atoms with Gasteiger partial charge in [0.05, 0.1) is 16.6 Å². The minimum atomic E-state index is -3.93. The van der Waals surface area contributed by atoms with E-state index >= 15 is 0 Å². The van der Waals surface area contributed by atoms with Crippen molar-refractivity contribution in [3.8, 4) is 5.75 Å². The molecule has 2 aromatic carbocycles. The van der Waals surface area contributed by atoms with E-state index in [2.05, 4.69) is 10.1 Å². The highest BCUT2D eigenvalue weighted by atomic mass is 32.2. The second-order valence-electron chi connectivity index (χ2n) is 4.58. The molecule has 9 heteroatoms. The molecule has 118 valence electrons. The predicted molar refractivity (Wildman–Crippen MR) is 82.9 cm³/mol. The SMILES string of the molecule is O=c1[nH]c2ccc(S(=O)(=O)N/N=C/c3ccccc3O)cc2o1. The molecule has 0 atom stereocenters. The summed E-state index contributed by atoms with van der Waals surface area (Å²) in [6, 6.07) is 10.3. The molecule has 0 aliphatic rings. The van der Waals surface area contributed by atoms with Crippen molar-refractivity contribution in [3.63, 3.8) is 0 Å². The molecule has 0 radical (unpaired) electrons. The Morgan fingerprint density at radius 3 is 2.78 bits per heavy atom. The fraction of sp³-hybridized carbons (Fsp3) is 0. The Labute approximate surface area is 130 Å². The van der Waals surface area contributed by atoms with Crippen LogP contribution in [0.15, 0.2) is 61.7 Å². The molecular weight excluding hydrogens is 322 g/mol. The first-order valence-electron chi connectivity index (χ1n) is 6.41. The summed E-state index contributed by atoms with van der Waals surface area (Å²) in [7, 11) is -3.93. The van der Waals surface area contributed by atoms with Crippen LogP contribution in [0.1, 0.15) is 5.56 Å². The number of fused-ring (bicyclic) bond motifs is 1. The van der Waals surface area contributed by atoms with Crippen molar-refractivity contribution in [2.45, 2.75) is 4.90 Å². The maximum atomic E-state index is 12.1. The van der Waals surface area contributed by atoms with Gasteiger partial charge in [0.25, 0.3) is 10.0 Å². The third kappa shape index (κ3) is 3.09. The van der Waals surface area contributed by atoms with E-state index in [9.17, 15) is 18.3 Å². The third-order valence-electron chi connectivity index (χ3n) is 3.02. The molecule has 0 fully saturated rings. The van der Waals surface area contributed by atoms with Gasteiger partial charge in [0.15, 0.2) is 5.58 Å². The van der Waals surface area contributed by atoms with Crippen molar-refractivity contribution >= 4 is 27.3 Å². The van der Waals surface area contributed by atoms with E-state index < -0.39 is 15.8 Å². The van der Waals surface area contributed by atoms with E-state index in [1.807, 2.05) is 4.83 Å². The second-order valence-corrected chi connectivity index (χ2v) is 6.25. The largest absolute Gasteiger partial charge is 0.507 e. The van der Waals surface area contributed by atoms with Crippen LogP contribution in [0.2, 0.25) is 0 Å². The first-order chi connectivity index (χ1) is 11.0. The van der Waals surface area contributed by atoms with Crippen molar-refractivity contribution in [2.75, 3.05) is 0 Å². The summed E-state index contributed by atoms with van der Waals surface area (Å²) in [4.78, 5) is 15.4. The lowest BCUT2D eigenvalue weighted by Crippen LogP contribution is -2.18. The molecule has 8 nitrogen and oxygen atoms in total. The molecule has 0 amide bonds. The number of aromatic amines is 1. The van der Waals surface area contributed by atoms with Crippen molar-refractivity contribution < 1.29 is 17.9 Å². The van der Waals surface area contributed by atoms with E-state index in [0.29, 0.717) is 11.1 Å². The first kappa shape index (κ1) is 14.9. The fourth-order valence-electron chi connectivity index (χ4n) is 1.91. The van der Waals surface area contributed by atoms with E-state index in [1.165, 1.54) is 30.5 Å². The molecule has 3 N–H and O–H groups in total. The topological polar surface area (TPSA) is 125 Å². The number of oxazole rings is 1. The quantitative estimate of drug-likeness (QED) is 0.488. The van der Waals surface area contributed by atoms with Crippen LogP contribution in [0, 0.1) is 0 Å². The maximum Gasteiger partial charge on any atom is 0.417 e. The number of phenolic OH excluding ortho intramolecular Hbond substituents is 1. The van der Waals surface area contributed by atoms with Gasteiger partial charge >= 0.3 is 5.76 Å². The molecule has 0 saturated carbocycles. The third-order valence-corrected chi connectivity index (χ3v) is 4.24. The minimum Gasteiger partial charge on any atom is -0.507 e. The molecule has 0 bridgehead atoms. The monoisotopic (exact) mass is 333 g/mol. The number of hydrazone groups is 1. The van der Waals surface area contributed by atoms with Gasteiger partial charge in [-0.1, -0.05) is 12.1 Å². The summed E-state index contributed by atoms with van der Waals surface area (Å²) in [5, 5.41) is 13.2. The number of nitrogens with one attached hydrogen (secondary N) is 2. The van der Waals surface area contributed by atoms with Crippen molar-refractivity contribution in [1.29, 1.82) is 0 Å². The predicted octanol–water partition coefficient (Wildman–Crippen LogP) is 1.14. The molecule has 0 aliphatic carbocycles. The number of benzene rings is 2. The lowest BCUT2D eigenvalue weighted by molar-refractivity contribution is 0.474. The Hall–Kier alpha value is -3.07. The van der Waals surface area contributed by atoms with Crippen molar-refractivity contribution in [1.82, 2.24) is 9.82 Å². The Kier molecular flexibility index (Phi) is 3.62. The lowest BCUT2D eigenvalue weighted by Gasteiger charge is -2.03. The van der Waals surface area contributed by atoms with Gasteiger partial charge in [0.2, 0.25) is 0 Å². The van der Waals surface area contributed by atoms with Gasteiger partial charge in [0.1, 0.15) is 5.75 Å². The zero-order valence-corrected chi connectivity index (χ0v) is 12.4. The molecule has 3 rings (SSSR count). The van der Waals surface area contributed by atoms with E-state index in [4.69, 9.17) is 4.42 Å². The van der Waals surface area contributed by atoms with Gasteiger partial charge in [-0.3, -0.25) is 4.98 Å². The minimum absolute atomic E-state index is 0.0223. The highest BCUT2D eigenvalue weighted by molar-refractivity contribution is 7.89. The summed E-state index contributed by atoms with van der Waals surface area (Å²) >= 11 is 0. The van der Waals surface area contributed by atoms with Crippen LogP contribution >= 0.6 is 0 Å². The molecule has 0 unspecified atom stereocenters. The van der Waals surface area contributed by atoms with E-state index in [1.54, 1.807) is 18.2 Å². The summed E-state index contributed by atoms with van der Waals surface area (Å²) in [5.41, 5.74) is 0.886. The fourth-order valence-corrected chi connectivity index (χ4v) is 2.71. The number of aromatic hydroxyl groups is 1. The van der Waals surface area contributed by atoms with Crippen molar-refractivity contribution in [3.05, 3.63) is 58.6 Å². The van der Waals surface area contributed by atoms with E-state index in [0.717, 1.165) is 0 Å². The van der Waals surface area contributed by atoms with Gasteiger partial charge in [-0.25, -0.2) is 9.63 Å². The van der Waals surface area contributed by atoms with Crippen LogP contribution in [0.3, 0.4) is 0 Å². The standard InChI is InChI=1S/C14H11N3O5S/c18-12-4-2-1-3-9(12)8-15-17-23(20,21)10-5-6-11-13(7-10)22-14(19)16-11/h1-8,17-18H,(H,16,19)/b15-8+. The number of H-pyrrole nitrogens is 1. The van der Waals surface area contributed by atoms with Gasteiger partial charge in [-0.05, 0) is 24.3 Å². The average Bonchev–Trinajstić information content (AvgIpc) is 2.88. The maximum absolute atomic E-state index is 12.1. The van der Waals surface area contributed by atoms with Crippen LogP contribution in [-0.2, 0) is 10.0 Å². The van der Waals surface area contributed by atoms with Crippen LogP contribution in [-0.4, -0.2) is 24.7 Å². The molecule has 1 heterocycles. The molecule has 1 aromatic heterocycles. The van der Waals surface area contributed by atoms with Crippen LogP contribution in [0.4, 0.5) is 0 Å². The lowest BCUT2D eigenvalue weighted by atomic mass is 10.2. The number of sulfonamides is 1. The Bertz CT molecular complexity index is 1050. The Balaban J connectivity index is 1.85. The summed E-state index contributed by atoms with van der Waals surface area (Å²) in [6.45, 7) is 0. The number of hydrogen-bond donors (Lipinski definition) is 3. The normalized spacial score (nSPS) is 12.0. The zero-order valence-electron chi connectivity index (χ0n) is 11.6. The molecule has 3 aromatic rings. The number of hydrogen-bond acceptors (Lipinski definition) is 6. The summed E-state index contributed by atoms with van der Waals surface area (Å²) in [6.07, 6.45) is 1.18. The van der Waals surface area contributed by atoms with Crippen molar-refractivity contribution in [2.24, 2.45) is 5.10 Å². The highest BCUT2D eigenvalue weighted by Gasteiger charge is 2.15. The number of aromatic nitrogens is 1. The number of para-hydroxylation sites is 1. The molecule has 0 aliphatic heterocycles. The number of rotatable bonds is 4. The zero-order chi connectivity index (χ0) is 16.4. The van der Waals surface area contributed by atoms with Gasteiger partial charge in [0, 0.05) is 11.6 Å². The summed E-state index contributed by atoms with van der Waals surface area (Å²) in [5.74, 6) is -0.689. The Morgan fingerprint density at radius 2 is 2.00 bits per heavy atom. The first-order valence-corrected chi connectivity index (χ1v) is 7.90. The molecule has 23 heavy (non-hydrogen) atoms. The number of phenols is 1. The molecular formula is C14H11N3O5S. The van der Waals surface area contributed by atoms with Crippen LogP contribution in [0.25, 0.3) is 11.1 Å². The molecule has 0 saturated heterocycles. The van der Waals surface area contributed by atoms with Crippen LogP contribution < -0.4 is 10.6 Å². The van der Waals surface area contributed by atoms with Crippen LogP contribution in [0.5, 0.6) is 5.75 Å². The van der Waals surface area contributed by atoms with Gasteiger partial charge in [-0.15, -0.1) is 0 Å². The smallest absolute Gasteiger partial charge is 0.417 e. The Morgan fingerprint density at radius 1 is 1.22 bits per heavy atom. The second kappa shape index (κ2) is 5.61.